The van der Waals surface area contributed by atoms with Crippen molar-refractivity contribution in [3.8, 4) is 0 Å². The lowest BCUT2D eigenvalue weighted by atomic mass is 9.90. The number of aryl methyl sites for hydroxylation is 1. The number of pyridine rings is 1. The molecule has 1 amide bonds. The van der Waals surface area contributed by atoms with Gasteiger partial charge in [0.25, 0.3) is 0 Å². The molecule has 0 spiro atoms. The highest BCUT2D eigenvalue weighted by Crippen LogP contribution is 2.34. The molecule has 128 valence electrons. The summed E-state index contributed by atoms with van der Waals surface area (Å²) in [7, 11) is 0. The Balaban J connectivity index is 1.62. The number of hydrogen-bond acceptors (Lipinski definition) is 3. The van der Waals surface area contributed by atoms with Gasteiger partial charge >= 0.3 is 0 Å². The summed E-state index contributed by atoms with van der Waals surface area (Å²) < 4.78 is 2.72. The largest absolute Gasteiger partial charge is 0.307 e. The van der Waals surface area contributed by atoms with E-state index in [9.17, 15) is 4.79 Å². The number of hydrogen-bond donors (Lipinski definition) is 0. The molecule has 0 N–H and O–H groups in total. The molecule has 0 saturated heterocycles. The normalized spacial score (nSPS) is 14.4. The van der Waals surface area contributed by atoms with Crippen LogP contribution in [0.1, 0.15) is 25.7 Å². The molecule has 0 bridgehead atoms. The summed E-state index contributed by atoms with van der Waals surface area (Å²) in [6.07, 6.45) is 9.14. The summed E-state index contributed by atoms with van der Waals surface area (Å²) in [5.74, 6) is 0.134. The van der Waals surface area contributed by atoms with Gasteiger partial charge in [0.15, 0.2) is 0 Å². The van der Waals surface area contributed by atoms with Crippen LogP contribution in [-0.2, 0) is 11.3 Å². The summed E-state index contributed by atoms with van der Waals surface area (Å²) in [6.45, 7) is 0.575. The predicted octanol–water partition coefficient (Wildman–Crippen LogP) is 4.17. The number of amides is 1. The number of carbonyl (C=O) groups excluding carboxylic acids is 1. The van der Waals surface area contributed by atoms with Gasteiger partial charge in [0.1, 0.15) is 0 Å². The van der Waals surface area contributed by atoms with Crippen LogP contribution in [0.3, 0.4) is 0 Å². The van der Waals surface area contributed by atoms with Crippen LogP contribution in [0.2, 0.25) is 0 Å². The van der Waals surface area contributed by atoms with Crippen LogP contribution in [0.5, 0.6) is 0 Å². The average molecular weight is 399 g/mol. The topological polar surface area (TPSA) is 51.0 Å². The molecule has 1 fully saturated rings. The number of carbonyl (C=O) groups is 1. The lowest BCUT2D eigenvalue weighted by Crippen LogP contribution is -2.45. The van der Waals surface area contributed by atoms with E-state index >= 15 is 0 Å². The maximum absolute atomic E-state index is 13.0. The van der Waals surface area contributed by atoms with E-state index in [2.05, 4.69) is 26.0 Å². The third-order valence-electron chi connectivity index (χ3n) is 4.74. The standard InChI is InChI=1S/C19H19BrN4O/c20-15-12-22-23(13-15)11-9-18(25)24(16-6-2-7-16)17-8-1-4-14-5-3-10-21-19(14)17/h1,3-5,8,10,12-13,16H,2,6-7,9,11H2. The minimum atomic E-state index is 0.134. The van der Waals surface area contributed by atoms with Crippen molar-refractivity contribution in [1.82, 2.24) is 14.8 Å². The van der Waals surface area contributed by atoms with Crippen molar-refractivity contribution < 1.29 is 4.79 Å². The quantitative estimate of drug-likeness (QED) is 0.647. The van der Waals surface area contributed by atoms with Crippen LogP contribution >= 0.6 is 15.9 Å². The molecule has 2 heterocycles. The fourth-order valence-corrected chi connectivity index (χ4v) is 3.58. The number of para-hydroxylation sites is 1. The molecule has 0 aliphatic heterocycles. The van der Waals surface area contributed by atoms with Crippen molar-refractivity contribution in [3.05, 3.63) is 53.4 Å². The number of halogens is 1. The number of benzene rings is 1. The maximum Gasteiger partial charge on any atom is 0.229 e. The van der Waals surface area contributed by atoms with Gasteiger partial charge in [0, 0.05) is 36.8 Å². The van der Waals surface area contributed by atoms with Crippen LogP contribution in [0.25, 0.3) is 10.9 Å². The third kappa shape index (κ3) is 3.31. The first-order valence-electron chi connectivity index (χ1n) is 8.56. The van der Waals surface area contributed by atoms with Gasteiger partial charge in [-0.25, -0.2) is 0 Å². The van der Waals surface area contributed by atoms with E-state index in [0.717, 1.165) is 33.9 Å². The first kappa shape index (κ1) is 16.3. The Kier molecular flexibility index (Phi) is 4.53. The molecule has 25 heavy (non-hydrogen) atoms. The minimum Gasteiger partial charge on any atom is -0.307 e. The van der Waals surface area contributed by atoms with Crippen LogP contribution < -0.4 is 4.90 Å². The molecule has 1 aromatic carbocycles. The van der Waals surface area contributed by atoms with E-state index in [1.165, 1.54) is 6.42 Å². The van der Waals surface area contributed by atoms with Gasteiger partial charge in [-0.3, -0.25) is 14.5 Å². The molecule has 1 aliphatic carbocycles. The zero-order valence-corrected chi connectivity index (χ0v) is 15.4. The minimum absolute atomic E-state index is 0.134. The Labute approximate surface area is 154 Å². The molecule has 0 radical (unpaired) electrons. The van der Waals surface area contributed by atoms with Crippen LogP contribution in [0, 0.1) is 0 Å². The summed E-state index contributed by atoms with van der Waals surface area (Å²) in [4.78, 5) is 19.5. The second kappa shape index (κ2) is 6.96. The van der Waals surface area contributed by atoms with Crippen molar-refractivity contribution in [1.29, 1.82) is 0 Å². The molecule has 0 unspecified atom stereocenters. The van der Waals surface area contributed by atoms with Gasteiger partial charge < -0.3 is 4.90 Å². The molecule has 1 aliphatic rings. The second-order valence-corrected chi connectivity index (χ2v) is 7.29. The highest BCUT2D eigenvalue weighted by atomic mass is 79.9. The maximum atomic E-state index is 13.0. The van der Waals surface area contributed by atoms with E-state index in [1.807, 2.05) is 41.4 Å². The van der Waals surface area contributed by atoms with Gasteiger partial charge in [0.2, 0.25) is 5.91 Å². The van der Waals surface area contributed by atoms with Crippen molar-refractivity contribution in [3.63, 3.8) is 0 Å². The van der Waals surface area contributed by atoms with Crippen LogP contribution in [-0.4, -0.2) is 26.7 Å². The Hall–Kier alpha value is -2.21. The highest BCUT2D eigenvalue weighted by Gasteiger charge is 2.31. The van der Waals surface area contributed by atoms with Gasteiger partial charge in [-0.2, -0.15) is 5.10 Å². The first-order valence-corrected chi connectivity index (χ1v) is 9.35. The fourth-order valence-electron chi connectivity index (χ4n) is 3.25. The molecule has 2 aromatic heterocycles. The van der Waals surface area contributed by atoms with E-state index in [0.29, 0.717) is 13.0 Å². The van der Waals surface area contributed by atoms with Crippen molar-refractivity contribution in [2.24, 2.45) is 0 Å². The molecule has 6 heteroatoms. The van der Waals surface area contributed by atoms with Gasteiger partial charge in [-0.15, -0.1) is 0 Å². The van der Waals surface area contributed by atoms with Gasteiger partial charge in [0.05, 0.1) is 21.9 Å². The van der Waals surface area contributed by atoms with Gasteiger partial charge in [-0.05, 0) is 47.3 Å². The molecule has 1 saturated carbocycles. The number of anilines is 1. The molecular weight excluding hydrogens is 380 g/mol. The fraction of sp³-hybridized carbons (Fsp3) is 0.316. The van der Waals surface area contributed by atoms with Crippen molar-refractivity contribution in [2.45, 2.75) is 38.3 Å². The lowest BCUT2D eigenvalue weighted by molar-refractivity contribution is -0.119. The number of rotatable bonds is 5. The zero-order chi connectivity index (χ0) is 17.2. The monoisotopic (exact) mass is 398 g/mol. The smallest absolute Gasteiger partial charge is 0.229 e. The summed E-state index contributed by atoms with van der Waals surface area (Å²) in [5, 5.41) is 5.30. The SMILES string of the molecule is O=C(CCn1cc(Br)cn1)N(c1cccc2cccnc12)C1CCC1. The Morgan fingerprint density at radius 1 is 1.28 bits per heavy atom. The Morgan fingerprint density at radius 2 is 2.12 bits per heavy atom. The summed E-state index contributed by atoms with van der Waals surface area (Å²) >= 11 is 3.39. The highest BCUT2D eigenvalue weighted by molar-refractivity contribution is 9.10. The Morgan fingerprint density at radius 3 is 2.84 bits per heavy atom. The first-order chi connectivity index (χ1) is 12.2. The van der Waals surface area contributed by atoms with E-state index < -0.39 is 0 Å². The second-order valence-electron chi connectivity index (χ2n) is 6.37. The molecule has 5 nitrogen and oxygen atoms in total. The lowest BCUT2D eigenvalue weighted by Gasteiger charge is -2.38. The summed E-state index contributed by atoms with van der Waals surface area (Å²) in [6, 6.07) is 10.3. The van der Waals surface area contributed by atoms with Crippen molar-refractivity contribution in [2.75, 3.05) is 4.90 Å². The van der Waals surface area contributed by atoms with E-state index in [4.69, 9.17) is 0 Å². The average Bonchev–Trinajstić information content (AvgIpc) is 3.01. The molecule has 0 atom stereocenters. The number of aromatic nitrogens is 3. The zero-order valence-electron chi connectivity index (χ0n) is 13.8. The number of nitrogens with zero attached hydrogens (tertiary/aromatic N) is 4. The Bertz CT molecular complexity index is 898. The summed E-state index contributed by atoms with van der Waals surface area (Å²) in [5.41, 5.74) is 1.82. The predicted molar refractivity (Wildman–Crippen MR) is 101 cm³/mol. The third-order valence-corrected chi connectivity index (χ3v) is 5.15. The number of fused-ring (bicyclic) bond motifs is 1. The van der Waals surface area contributed by atoms with Gasteiger partial charge in [-0.1, -0.05) is 18.2 Å². The van der Waals surface area contributed by atoms with Crippen LogP contribution in [0.4, 0.5) is 5.69 Å². The van der Waals surface area contributed by atoms with Crippen LogP contribution in [0.15, 0.2) is 53.4 Å². The molecular formula is C19H19BrN4O. The van der Waals surface area contributed by atoms with Crippen molar-refractivity contribution >= 4 is 38.4 Å². The van der Waals surface area contributed by atoms with E-state index in [-0.39, 0.29) is 11.9 Å². The molecule has 4 rings (SSSR count). The molecule has 3 aromatic rings. The van der Waals surface area contributed by atoms with E-state index in [1.54, 1.807) is 17.1 Å².